The normalized spacial score (nSPS) is 25.8. The van der Waals surface area contributed by atoms with Crippen molar-refractivity contribution in [3.8, 4) is 0 Å². The zero-order valence-corrected chi connectivity index (χ0v) is 15.0. The third-order valence-corrected chi connectivity index (χ3v) is 5.53. The molecule has 2 aromatic heterocycles. The molecule has 0 aliphatic carbocycles. The van der Waals surface area contributed by atoms with Crippen LogP contribution in [0.2, 0.25) is 5.02 Å². The molecule has 1 aliphatic heterocycles. The minimum absolute atomic E-state index is 0.245. The molecule has 136 valence electrons. The van der Waals surface area contributed by atoms with Crippen LogP contribution in [-0.2, 0) is 4.74 Å². The largest absolute Gasteiger partial charge is 0.387 e. The van der Waals surface area contributed by atoms with Gasteiger partial charge in [0, 0.05) is 15.7 Å². The first-order chi connectivity index (χ1) is 12.5. The van der Waals surface area contributed by atoms with Crippen LogP contribution in [0.4, 0.5) is 5.82 Å². The molecule has 1 aliphatic rings. The molecule has 0 spiro atoms. The Hall–Kier alpha value is -1.91. The zero-order chi connectivity index (χ0) is 18.3. The summed E-state index contributed by atoms with van der Waals surface area (Å²) in [6, 6.07) is 7.42. The standard InChI is InChI=1S/C16H16ClN5O3S/c17-8-2-1-3-9(4-8)26-5-10-12(23)13(24)16(25-10)22-7-21-11-14(18)19-6-20-15(11)22/h1-4,6-7,10,12-13,16,23-24H,5H2,(H2,18,19,20)/t10-,12-,13-,16-/m1/s1. The molecule has 1 saturated heterocycles. The van der Waals surface area contributed by atoms with E-state index in [0.29, 0.717) is 21.9 Å². The maximum atomic E-state index is 10.4. The molecule has 0 saturated carbocycles. The van der Waals surface area contributed by atoms with Gasteiger partial charge in [-0.2, -0.15) is 0 Å². The smallest absolute Gasteiger partial charge is 0.167 e. The van der Waals surface area contributed by atoms with E-state index in [9.17, 15) is 10.2 Å². The quantitative estimate of drug-likeness (QED) is 0.570. The molecule has 0 radical (unpaired) electrons. The van der Waals surface area contributed by atoms with Crippen molar-refractivity contribution in [3.63, 3.8) is 0 Å². The lowest BCUT2D eigenvalue weighted by Crippen LogP contribution is -2.32. The van der Waals surface area contributed by atoms with Crippen molar-refractivity contribution in [2.75, 3.05) is 11.5 Å². The number of aliphatic hydroxyl groups excluding tert-OH is 2. The SMILES string of the molecule is Nc1ncnc2c1ncn2[C@@H]1O[C@H](CSc2cccc(Cl)c2)[C@@H](O)[C@H]1O. The van der Waals surface area contributed by atoms with E-state index >= 15 is 0 Å². The van der Waals surface area contributed by atoms with E-state index in [2.05, 4.69) is 15.0 Å². The Balaban J connectivity index is 1.53. The van der Waals surface area contributed by atoms with Crippen molar-refractivity contribution in [2.24, 2.45) is 0 Å². The van der Waals surface area contributed by atoms with Crippen LogP contribution in [0.15, 0.2) is 41.8 Å². The van der Waals surface area contributed by atoms with Gasteiger partial charge >= 0.3 is 0 Å². The number of hydrogen-bond donors (Lipinski definition) is 3. The summed E-state index contributed by atoms with van der Waals surface area (Å²) in [5.74, 6) is 0.702. The van der Waals surface area contributed by atoms with Gasteiger partial charge in [0.15, 0.2) is 17.7 Å². The van der Waals surface area contributed by atoms with Crippen LogP contribution in [0.3, 0.4) is 0 Å². The number of imidazole rings is 1. The number of benzene rings is 1. The third-order valence-electron chi connectivity index (χ3n) is 4.21. The fourth-order valence-corrected chi connectivity index (χ4v) is 4.16. The van der Waals surface area contributed by atoms with E-state index in [1.165, 1.54) is 24.4 Å². The number of nitrogen functional groups attached to an aromatic ring is 1. The van der Waals surface area contributed by atoms with Crippen LogP contribution < -0.4 is 5.73 Å². The molecule has 3 aromatic rings. The summed E-state index contributed by atoms with van der Waals surface area (Å²) in [4.78, 5) is 13.2. The summed E-state index contributed by atoms with van der Waals surface area (Å²) in [5, 5.41) is 21.5. The molecule has 10 heteroatoms. The molecule has 0 amide bonds. The lowest BCUT2D eigenvalue weighted by Gasteiger charge is -2.16. The summed E-state index contributed by atoms with van der Waals surface area (Å²) < 4.78 is 7.46. The number of aromatic nitrogens is 4. The summed E-state index contributed by atoms with van der Waals surface area (Å²) in [6.45, 7) is 0. The van der Waals surface area contributed by atoms with Crippen LogP contribution in [0.5, 0.6) is 0 Å². The number of anilines is 1. The van der Waals surface area contributed by atoms with Crippen LogP contribution in [-0.4, -0.2) is 53.8 Å². The maximum absolute atomic E-state index is 10.4. The molecule has 26 heavy (non-hydrogen) atoms. The number of fused-ring (bicyclic) bond motifs is 1. The van der Waals surface area contributed by atoms with Gasteiger partial charge in [-0.1, -0.05) is 17.7 Å². The molecule has 0 unspecified atom stereocenters. The molecule has 1 aromatic carbocycles. The second kappa shape index (κ2) is 7.01. The number of rotatable bonds is 4. The molecule has 4 N–H and O–H groups in total. The summed E-state index contributed by atoms with van der Waals surface area (Å²) in [5.41, 5.74) is 6.66. The van der Waals surface area contributed by atoms with Gasteiger partial charge in [-0.15, -0.1) is 11.8 Å². The second-order valence-corrected chi connectivity index (χ2v) is 7.43. The van der Waals surface area contributed by atoms with Gasteiger partial charge in [0.1, 0.15) is 24.1 Å². The van der Waals surface area contributed by atoms with Gasteiger partial charge in [0.2, 0.25) is 0 Å². The van der Waals surface area contributed by atoms with E-state index in [0.717, 1.165) is 4.90 Å². The number of aliphatic hydroxyl groups is 2. The minimum Gasteiger partial charge on any atom is -0.387 e. The first-order valence-corrected chi connectivity index (χ1v) is 9.24. The lowest BCUT2D eigenvalue weighted by atomic mass is 10.1. The first-order valence-electron chi connectivity index (χ1n) is 7.87. The Morgan fingerprint density at radius 2 is 2.08 bits per heavy atom. The molecule has 1 fully saturated rings. The van der Waals surface area contributed by atoms with E-state index < -0.39 is 24.5 Å². The fraction of sp³-hybridized carbons (Fsp3) is 0.312. The Kier molecular flexibility index (Phi) is 4.72. The molecule has 4 rings (SSSR count). The maximum Gasteiger partial charge on any atom is 0.167 e. The number of halogens is 1. The Labute approximate surface area is 158 Å². The number of thioether (sulfide) groups is 1. The highest BCUT2D eigenvalue weighted by Crippen LogP contribution is 2.34. The van der Waals surface area contributed by atoms with Crippen LogP contribution >= 0.6 is 23.4 Å². The number of hydrogen-bond acceptors (Lipinski definition) is 8. The third kappa shape index (κ3) is 3.12. The highest BCUT2D eigenvalue weighted by Gasteiger charge is 2.44. The van der Waals surface area contributed by atoms with Crippen molar-refractivity contribution < 1.29 is 14.9 Å². The predicted octanol–water partition coefficient (Wildman–Crippen LogP) is 1.47. The van der Waals surface area contributed by atoms with E-state index in [-0.39, 0.29) is 5.82 Å². The van der Waals surface area contributed by atoms with Crippen LogP contribution in [0, 0.1) is 0 Å². The number of nitrogens with two attached hydrogens (primary N) is 1. The van der Waals surface area contributed by atoms with Gasteiger partial charge in [0.05, 0.1) is 12.4 Å². The Bertz CT molecular complexity index is 939. The zero-order valence-electron chi connectivity index (χ0n) is 13.4. The fourth-order valence-electron chi connectivity index (χ4n) is 2.89. The second-order valence-electron chi connectivity index (χ2n) is 5.90. The Morgan fingerprint density at radius 1 is 1.23 bits per heavy atom. The van der Waals surface area contributed by atoms with Crippen molar-refractivity contribution >= 4 is 40.3 Å². The van der Waals surface area contributed by atoms with E-state index in [4.69, 9.17) is 22.1 Å². The summed E-state index contributed by atoms with van der Waals surface area (Å²) >= 11 is 7.48. The molecule has 3 heterocycles. The van der Waals surface area contributed by atoms with Crippen molar-refractivity contribution in [3.05, 3.63) is 41.9 Å². The molecular formula is C16H16ClN5O3S. The highest BCUT2D eigenvalue weighted by molar-refractivity contribution is 7.99. The van der Waals surface area contributed by atoms with Gasteiger partial charge in [-0.05, 0) is 18.2 Å². The average Bonchev–Trinajstić information content (AvgIpc) is 3.17. The Morgan fingerprint density at radius 3 is 2.88 bits per heavy atom. The van der Waals surface area contributed by atoms with E-state index in [1.807, 2.05) is 18.2 Å². The molecule has 0 bridgehead atoms. The highest BCUT2D eigenvalue weighted by atomic mass is 35.5. The van der Waals surface area contributed by atoms with Gasteiger partial charge in [-0.3, -0.25) is 4.57 Å². The number of nitrogens with zero attached hydrogens (tertiary/aromatic N) is 4. The number of ether oxygens (including phenoxy) is 1. The van der Waals surface area contributed by atoms with Crippen LogP contribution in [0.1, 0.15) is 6.23 Å². The van der Waals surface area contributed by atoms with Crippen molar-refractivity contribution in [2.45, 2.75) is 29.4 Å². The summed E-state index contributed by atoms with van der Waals surface area (Å²) in [6.07, 6.45) is -0.732. The summed E-state index contributed by atoms with van der Waals surface area (Å²) in [7, 11) is 0. The minimum atomic E-state index is -1.12. The molecular weight excluding hydrogens is 378 g/mol. The van der Waals surface area contributed by atoms with Gasteiger partial charge in [-0.25, -0.2) is 15.0 Å². The van der Waals surface area contributed by atoms with Gasteiger partial charge in [0.25, 0.3) is 0 Å². The first kappa shape index (κ1) is 17.5. The van der Waals surface area contributed by atoms with Crippen molar-refractivity contribution in [1.29, 1.82) is 0 Å². The molecule has 8 nitrogen and oxygen atoms in total. The monoisotopic (exact) mass is 393 g/mol. The lowest BCUT2D eigenvalue weighted by molar-refractivity contribution is -0.0289. The predicted molar refractivity (Wildman–Crippen MR) is 97.8 cm³/mol. The van der Waals surface area contributed by atoms with Crippen molar-refractivity contribution in [1.82, 2.24) is 19.5 Å². The molecule has 4 atom stereocenters. The van der Waals surface area contributed by atoms with Gasteiger partial charge < -0.3 is 20.7 Å². The topological polar surface area (TPSA) is 119 Å². The van der Waals surface area contributed by atoms with E-state index in [1.54, 1.807) is 10.6 Å². The van der Waals surface area contributed by atoms with Crippen LogP contribution in [0.25, 0.3) is 11.2 Å². The average molecular weight is 394 g/mol.